The van der Waals surface area contributed by atoms with Gasteiger partial charge >= 0.3 is 0 Å². The molecule has 0 saturated carbocycles. The van der Waals surface area contributed by atoms with Crippen molar-refractivity contribution in [2.24, 2.45) is 0 Å². The molecular formula is C17H17BrN2O. The number of hydrogen-bond acceptors (Lipinski definition) is 3. The van der Waals surface area contributed by atoms with Crippen LogP contribution in [0.2, 0.25) is 0 Å². The molecule has 4 heteroatoms. The number of ether oxygens (including phenoxy) is 1. The van der Waals surface area contributed by atoms with Gasteiger partial charge < -0.3 is 10.1 Å². The van der Waals surface area contributed by atoms with Crippen LogP contribution in [0, 0.1) is 11.3 Å². The van der Waals surface area contributed by atoms with Crippen LogP contribution in [-0.2, 0) is 0 Å². The molecule has 1 unspecified atom stereocenters. The SMILES string of the molecule is CCOc1ccc(C(C)Nc2cc(Br)ccc2C#N)cc1. The summed E-state index contributed by atoms with van der Waals surface area (Å²) in [6.45, 7) is 4.70. The minimum atomic E-state index is 0.0991. The Morgan fingerprint density at radius 1 is 1.24 bits per heavy atom. The number of rotatable bonds is 5. The van der Waals surface area contributed by atoms with Crippen LogP contribution in [-0.4, -0.2) is 6.61 Å². The topological polar surface area (TPSA) is 45.0 Å². The second kappa shape index (κ2) is 7.14. The van der Waals surface area contributed by atoms with E-state index in [1.165, 1.54) is 0 Å². The maximum Gasteiger partial charge on any atom is 0.119 e. The average Bonchev–Trinajstić information content (AvgIpc) is 2.48. The number of nitrogens with zero attached hydrogens (tertiary/aromatic N) is 1. The highest BCUT2D eigenvalue weighted by molar-refractivity contribution is 9.10. The highest BCUT2D eigenvalue weighted by atomic mass is 79.9. The van der Waals surface area contributed by atoms with Gasteiger partial charge in [0.25, 0.3) is 0 Å². The maximum absolute atomic E-state index is 9.17. The van der Waals surface area contributed by atoms with Crippen molar-refractivity contribution < 1.29 is 4.74 Å². The van der Waals surface area contributed by atoms with Gasteiger partial charge in [0.2, 0.25) is 0 Å². The van der Waals surface area contributed by atoms with Gasteiger partial charge in [-0.25, -0.2) is 0 Å². The standard InChI is InChI=1S/C17H17BrN2O/c1-3-21-16-8-5-13(6-9-16)12(2)20-17-10-15(18)7-4-14(17)11-19/h4-10,12,20H,3H2,1-2H3. The van der Waals surface area contributed by atoms with E-state index >= 15 is 0 Å². The van der Waals surface area contributed by atoms with Crippen molar-refractivity contribution in [1.82, 2.24) is 0 Å². The van der Waals surface area contributed by atoms with Crippen LogP contribution in [0.3, 0.4) is 0 Å². The molecule has 108 valence electrons. The first kappa shape index (κ1) is 15.4. The van der Waals surface area contributed by atoms with Crippen LogP contribution in [0.5, 0.6) is 5.75 Å². The lowest BCUT2D eigenvalue weighted by atomic mass is 10.1. The van der Waals surface area contributed by atoms with Crippen molar-refractivity contribution in [3.05, 3.63) is 58.1 Å². The van der Waals surface area contributed by atoms with E-state index in [9.17, 15) is 0 Å². The predicted octanol–water partition coefficient (Wildman–Crippen LogP) is 4.89. The summed E-state index contributed by atoms with van der Waals surface area (Å²) >= 11 is 3.43. The molecule has 0 amide bonds. The van der Waals surface area contributed by atoms with Crippen LogP contribution >= 0.6 is 15.9 Å². The number of nitrogens with one attached hydrogen (secondary N) is 1. The van der Waals surface area contributed by atoms with Crippen LogP contribution < -0.4 is 10.1 Å². The van der Waals surface area contributed by atoms with E-state index in [2.05, 4.69) is 34.2 Å². The van der Waals surface area contributed by atoms with E-state index in [4.69, 9.17) is 10.00 Å². The number of benzene rings is 2. The lowest BCUT2D eigenvalue weighted by molar-refractivity contribution is 0.340. The monoisotopic (exact) mass is 344 g/mol. The van der Waals surface area contributed by atoms with Crippen LogP contribution in [0.1, 0.15) is 31.0 Å². The number of halogens is 1. The molecule has 3 nitrogen and oxygen atoms in total. The van der Waals surface area contributed by atoms with Gasteiger partial charge in [-0.2, -0.15) is 5.26 Å². The fourth-order valence-corrected chi connectivity index (χ4v) is 2.43. The summed E-state index contributed by atoms with van der Waals surface area (Å²) in [6.07, 6.45) is 0. The quantitative estimate of drug-likeness (QED) is 0.839. The Hall–Kier alpha value is -1.99. The zero-order valence-corrected chi connectivity index (χ0v) is 13.6. The number of nitriles is 1. The van der Waals surface area contributed by atoms with E-state index in [1.54, 1.807) is 6.07 Å². The minimum absolute atomic E-state index is 0.0991. The smallest absolute Gasteiger partial charge is 0.119 e. The predicted molar refractivity (Wildman–Crippen MR) is 88.5 cm³/mol. The Labute approximate surface area is 133 Å². The molecule has 0 aliphatic carbocycles. The Morgan fingerprint density at radius 3 is 2.57 bits per heavy atom. The van der Waals surface area contributed by atoms with Gasteiger partial charge in [-0.05, 0) is 49.7 Å². The second-order valence-corrected chi connectivity index (χ2v) is 5.59. The Morgan fingerprint density at radius 2 is 1.95 bits per heavy atom. The third-order valence-corrected chi connectivity index (χ3v) is 3.66. The average molecular weight is 345 g/mol. The molecular weight excluding hydrogens is 328 g/mol. The van der Waals surface area contributed by atoms with Crippen molar-refractivity contribution in [2.75, 3.05) is 11.9 Å². The van der Waals surface area contributed by atoms with Crippen LogP contribution in [0.4, 0.5) is 5.69 Å². The molecule has 0 radical (unpaired) electrons. The van der Waals surface area contributed by atoms with Gasteiger partial charge in [0, 0.05) is 10.5 Å². The van der Waals surface area contributed by atoms with Gasteiger partial charge in [-0.15, -0.1) is 0 Å². The van der Waals surface area contributed by atoms with Crippen LogP contribution in [0.15, 0.2) is 46.9 Å². The van der Waals surface area contributed by atoms with Crippen LogP contribution in [0.25, 0.3) is 0 Å². The zero-order chi connectivity index (χ0) is 15.2. The van der Waals surface area contributed by atoms with Gasteiger partial charge in [0.15, 0.2) is 0 Å². The Bertz CT molecular complexity index is 647. The lowest BCUT2D eigenvalue weighted by Gasteiger charge is -2.17. The first-order chi connectivity index (χ1) is 10.1. The summed E-state index contributed by atoms with van der Waals surface area (Å²) in [4.78, 5) is 0. The largest absolute Gasteiger partial charge is 0.494 e. The third kappa shape index (κ3) is 3.99. The molecule has 0 aliphatic heterocycles. The summed E-state index contributed by atoms with van der Waals surface area (Å²) in [5.74, 6) is 0.869. The molecule has 0 aliphatic rings. The molecule has 0 aromatic heterocycles. The Balaban J connectivity index is 2.16. The highest BCUT2D eigenvalue weighted by Crippen LogP contribution is 2.26. The van der Waals surface area contributed by atoms with Crippen molar-refractivity contribution in [3.8, 4) is 11.8 Å². The maximum atomic E-state index is 9.17. The third-order valence-electron chi connectivity index (χ3n) is 3.17. The van der Waals surface area contributed by atoms with E-state index < -0.39 is 0 Å². The highest BCUT2D eigenvalue weighted by Gasteiger charge is 2.09. The molecule has 0 spiro atoms. The summed E-state index contributed by atoms with van der Waals surface area (Å²) < 4.78 is 6.39. The van der Waals surface area contributed by atoms with Crippen molar-refractivity contribution in [1.29, 1.82) is 5.26 Å². The molecule has 0 fully saturated rings. The van der Waals surface area contributed by atoms with Gasteiger partial charge in [-0.3, -0.25) is 0 Å². The fourth-order valence-electron chi connectivity index (χ4n) is 2.07. The number of anilines is 1. The van der Waals surface area contributed by atoms with Gasteiger partial charge in [0.1, 0.15) is 11.8 Å². The summed E-state index contributed by atoms with van der Waals surface area (Å²) in [6, 6.07) is 15.9. The molecule has 0 bridgehead atoms. The minimum Gasteiger partial charge on any atom is -0.494 e. The van der Waals surface area contributed by atoms with E-state index in [-0.39, 0.29) is 6.04 Å². The zero-order valence-electron chi connectivity index (χ0n) is 12.1. The normalized spacial score (nSPS) is 11.5. The molecule has 0 heterocycles. The molecule has 1 atom stereocenters. The van der Waals surface area contributed by atoms with E-state index in [0.717, 1.165) is 21.5 Å². The first-order valence-corrected chi connectivity index (χ1v) is 7.62. The van der Waals surface area contributed by atoms with Crippen molar-refractivity contribution >= 4 is 21.6 Å². The van der Waals surface area contributed by atoms with E-state index in [0.29, 0.717) is 12.2 Å². The molecule has 0 saturated heterocycles. The fraction of sp³-hybridized carbons (Fsp3) is 0.235. The van der Waals surface area contributed by atoms with Gasteiger partial charge in [0.05, 0.1) is 17.9 Å². The van der Waals surface area contributed by atoms with Crippen molar-refractivity contribution in [3.63, 3.8) is 0 Å². The molecule has 2 aromatic carbocycles. The Kier molecular flexibility index (Phi) is 5.24. The first-order valence-electron chi connectivity index (χ1n) is 6.83. The number of hydrogen-bond donors (Lipinski definition) is 1. The van der Waals surface area contributed by atoms with Crippen molar-refractivity contribution in [2.45, 2.75) is 19.9 Å². The molecule has 2 aromatic rings. The molecule has 1 N–H and O–H groups in total. The summed E-state index contributed by atoms with van der Waals surface area (Å²) in [5.41, 5.74) is 2.60. The molecule has 2 rings (SSSR count). The summed E-state index contributed by atoms with van der Waals surface area (Å²) in [5, 5.41) is 12.5. The summed E-state index contributed by atoms with van der Waals surface area (Å²) in [7, 11) is 0. The van der Waals surface area contributed by atoms with E-state index in [1.807, 2.05) is 43.3 Å². The lowest BCUT2D eigenvalue weighted by Crippen LogP contribution is -2.08. The molecule has 21 heavy (non-hydrogen) atoms. The van der Waals surface area contributed by atoms with Gasteiger partial charge in [-0.1, -0.05) is 28.1 Å². The second-order valence-electron chi connectivity index (χ2n) is 4.67.